The molecule has 0 radical (unpaired) electrons. The van der Waals surface area contributed by atoms with E-state index in [2.05, 4.69) is 15.4 Å². The number of carbonyl (C=O) groups is 4. The van der Waals surface area contributed by atoms with Gasteiger partial charge in [0.05, 0.1) is 12.7 Å². The number of hydrogen-bond acceptors (Lipinski definition) is 6. The maximum Gasteiger partial charge on any atom is 0.337 e. The summed E-state index contributed by atoms with van der Waals surface area (Å²) in [6.45, 7) is 3.26. The summed E-state index contributed by atoms with van der Waals surface area (Å²) < 4.78 is 9.39. The van der Waals surface area contributed by atoms with Crippen LogP contribution in [-0.4, -0.2) is 50.1 Å². The maximum atomic E-state index is 11.6. The van der Waals surface area contributed by atoms with Crippen LogP contribution >= 0.6 is 0 Å². The van der Waals surface area contributed by atoms with Crippen LogP contribution in [0.4, 0.5) is 0 Å². The molecule has 0 saturated carbocycles. The molecule has 2 N–H and O–H groups in total. The zero-order valence-corrected chi connectivity index (χ0v) is 14.9. The summed E-state index contributed by atoms with van der Waals surface area (Å²) >= 11 is 0. The van der Waals surface area contributed by atoms with Crippen molar-refractivity contribution in [2.24, 2.45) is 0 Å². The molecule has 1 aromatic carbocycles. The minimum atomic E-state index is -0.718. The summed E-state index contributed by atoms with van der Waals surface area (Å²) in [4.78, 5) is 46.1. The number of methoxy groups -OCH3 is 1. The van der Waals surface area contributed by atoms with E-state index in [0.29, 0.717) is 17.7 Å². The molecular formula is C18H22N2O6. The second-order valence-corrected chi connectivity index (χ2v) is 5.24. The minimum absolute atomic E-state index is 0.317. The smallest absolute Gasteiger partial charge is 0.337 e. The summed E-state index contributed by atoms with van der Waals surface area (Å²) in [5.41, 5.74) is 1.06. The monoisotopic (exact) mass is 362 g/mol. The lowest BCUT2D eigenvalue weighted by Gasteiger charge is -2.12. The van der Waals surface area contributed by atoms with Crippen molar-refractivity contribution in [3.8, 4) is 0 Å². The molecule has 0 aliphatic carbocycles. The molecule has 0 aliphatic heterocycles. The molecule has 0 bridgehead atoms. The van der Waals surface area contributed by atoms with Crippen molar-refractivity contribution in [1.29, 1.82) is 0 Å². The van der Waals surface area contributed by atoms with Gasteiger partial charge in [0.25, 0.3) is 5.91 Å². The fourth-order valence-electron chi connectivity index (χ4n) is 1.87. The van der Waals surface area contributed by atoms with E-state index in [1.807, 2.05) is 0 Å². The van der Waals surface area contributed by atoms with E-state index in [4.69, 9.17) is 4.74 Å². The fraction of sp³-hybridized carbons (Fsp3) is 0.333. The Morgan fingerprint density at radius 3 is 2.38 bits per heavy atom. The summed E-state index contributed by atoms with van der Waals surface area (Å²) in [6, 6.07) is 5.68. The number of likely N-dealkylation sites (N-methyl/N-ethyl adjacent to an activating group) is 1. The number of esters is 2. The summed E-state index contributed by atoms with van der Waals surface area (Å²) in [7, 11) is 1.29. The fourth-order valence-corrected chi connectivity index (χ4v) is 1.87. The first-order chi connectivity index (χ1) is 12.4. The van der Waals surface area contributed by atoms with Gasteiger partial charge in [-0.05, 0) is 37.6 Å². The number of amides is 2. The lowest BCUT2D eigenvalue weighted by molar-refractivity contribution is -0.144. The topological polar surface area (TPSA) is 111 Å². The van der Waals surface area contributed by atoms with E-state index in [9.17, 15) is 19.2 Å². The van der Waals surface area contributed by atoms with Gasteiger partial charge in [0.1, 0.15) is 6.04 Å². The molecule has 0 heterocycles. The number of carbonyl (C=O) groups excluding carboxylic acids is 4. The van der Waals surface area contributed by atoms with Gasteiger partial charge in [-0.25, -0.2) is 9.59 Å². The van der Waals surface area contributed by atoms with Crippen molar-refractivity contribution in [3.05, 3.63) is 41.5 Å². The zero-order chi connectivity index (χ0) is 19.5. The van der Waals surface area contributed by atoms with Crippen LogP contribution in [0, 0.1) is 0 Å². The molecule has 0 fully saturated rings. The lowest BCUT2D eigenvalue weighted by atomic mass is 10.1. The molecule has 26 heavy (non-hydrogen) atoms. The first kappa shape index (κ1) is 20.9. The van der Waals surface area contributed by atoms with E-state index in [1.54, 1.807) is 31.2 Å². The Morgan fingerprint density at radius 1 is 1.15 bits per heavy atom. The van der Waals surface area contributed by atoms with Crippen LogP contribution in [0.25, 0.3) is 6.08 Å². The van der Waals surface area contributed by atoms with Crippen molar-refractivity contribution in [2.45, 2.75) is 19.9 Å². The van der Waals surface area contributed by atoms with Crippen LogP contribution in [0.1, 0.15) is 29.8 Å². The normalized spacial score (nSPS) is 11.5. The Kier molecular flexibility index (Phi) is 8.56. The van der Waals surface area contributed by atoms with Crippen LogP contribution in [0.5, 0.6) is 0 Å². The average Bonchev–Trinajstić information content (AvgIpc) is 2.64. The second kappa shape index (κ2) is 10.7. The van der Waals surface area contributed by atoms with Crippen LogP contribution < -0.4 is 10.6 Å². The molecule has 0 unspecified atom stereocenters. The molecule has 140 valence electrons. The zero-order valence-electron chi connectivity index (χ0n) is 14.9. The highest BCUT2D eigenvalue weighted by Crippen LogP contribution is 2.07. The van der Waals surface area contributed by atoms with Gasteiger partial charge >= 0.3 is 11.9 Å². The Labute approximate surface area is 151 Å². The molecular weight excluding hydrogens is 340 g/mol. The Bertz CT molecular complexity index is 681. The third kappa shape index (κ3) is 7.16. The Balaban J connectivity index is 2.44. The highest BCUT2D eigenvalue weighted by atomic mass is 16.5. The van der Waals surface area contributed by atoms with Gasteiger partial charge < -0.3 is 20.1 Å². The molecule has 1 atom stereocenters. The molecule has 1 aromatic rings. The number of rotatable bonds is 8. The van der Waals surface area contributed by atoms with E-state index in [0.717, 1.165) is 6.08 Å². The highest BCUT2D eigenvalue weighted by Gasteiger charge is 2.15. The van der Waals surface area contributed by atoms with Gasteiger partial charge in [-0.3, -0.25) is 9.59 Å². The molecule has 2 amide bonds. The minimum Gasteiger partial charge on any atom is -0.465 e. The SMILES string of the molecule is CCNC(=O)[C@H](C)NC(=O)COC(=O)/C=C/c1ccc(C(=O)OC)cc1. The summed E-state index contributed by atoms with van der Waals surface area (Å²) in [5, 5.41) is 4.99. The van der Waals surface area contributed by atoms with E-state index < -0.39 is 30.5 Å². The molecule has 0 aromatic heterocycles. The van der Waals surface area contributed by atoms with Gasteiger partial charge in [-0.2, -0.15) is 0 Å². The molecule has 1 rings (SSSR count). The van der Waals surface area contributed by atoms with Gasteiger partial charge in [-0.1, -0.05) is 12.1 Å². The quantitative estimate of drug-likeness (QED) is 0.519. The first-order valence-electron chi connectivity index (χ1n) is 7.97. The van der Waals surface area contributed by atoms with Crippen LogP contribution in [0.3, 0.4) is 0 Å². The van der Waals surface area contributed by atoms with E-state index in [1.165, 1.54) is 20.1 Å². The summed E-state index contributed by atoms with van der Waals surface area (Å²) in [6.07, 6.45) is 2.65. The molecule has 8 nitrogen and oxygen atoms in total. The molecule has 0 aliphatic rings. The van der Waals surface area contributed by atoms with Crippen molar-refractivity contribution >= 4 is 29.8 Å². The van der Waals surface area contributed by atoms with Crippen LogP contribution in [-0.2, 0) is 23.9 Å². The standard InChI is InChI=1S/C18H22N2O6/c1-4-19-17(23)12(2)20-15(21)11-26-16(22)10-7-13-5-8-14(9-6-13)18(24)25-3/h5-10,12H,4,11H2,1-3H3,(H,19,23)(H,20,21)/b10-7+/t12-/m0/s1. The largest absolute Gasteiger partial charge is 0.465 e. The third-order valence-electron chi connectivity index (χ3n) is 3.21. The van der Waals surface area contributed by atoms with Crippen LogP contribution in [0.2, 0.25) is 0 Å². The van der Waals surface area contributed by atoms with E-state index >= 15 is 0 Å². The number of hydrogen-bond donors (Lipinski definition) is 2. The lowest BCUT2D eigenvalue weighted by Crippen LogP contribution is -2.46. The van der Waals surface area contributed by atoms with Crippen molar-refractivity contribution in [1.82, 2.24) is 10.6 Å². The maximum absolute atomic E-state index is 11.6. The van der Waals surface area contributed by atoms with Crippen LogP contribution in [0.15, 0.2) is 30.3 Å². The first-order valence-corrected chi connectivity index (χ1v) is 7.97. The molecule has 8 heteroatoms. The summed E-state index contributed by atoms with van der Waals surface area (Å²) in [5.74, 6) is -2.05. The number of nitrogens with one attached hydrogen (secondary N) is 2. The Hall–Kier alpha value is -3.16. The van der Waals surface area contributed by atoms with Gasteiger partial charge in [0.2, 0.25) is 5.91 Å². The van der Waals surface area contributed by atoms with E-state index in [-0.39, 0.29) is 5.91 Å². The predicted octanol–water partition coefficient (Wildman–Crippen LogP) is 0.670. The Morgan fingerprint density at radius 2 is 1.81 bits per heavy atom. The third-order valence-corrected chi connectivity index (χ3v) is 3.21. The number of benzene rings is 1. The molecule has 0 spiro atoms. The van der Waals surface area contributed by atoms with Gasteiger partial charge in [-0.15, -0.1) is 0 Å². The van der Waals surface area contributed by atoms with Crippen molar-refractivity contribution < 1.29 is 28.7 Å². The predicted molar refractivity (Wildman–Crippen MR) is 94.1 cm³/mol. The van der Waals surface area contributed by atoms with Gasteiger partial charge in [0.15, 0.2) is 6.61 Å². The highest BCUT2D eigenvalue weighted by molar-refractivity contribution is 5.92. The molecule has 0 saturated heterocycles. The number of ether oxygens (including phenoxy) is 2. The van der Waals surface area contributed by atoms with Crippen molar-refractivity contribution in [3.63, 3.8) is 0 Å². The van der Waals surface area contributed by atoms with Crippen molar-refractivity contribution in [2.75, 3.05) is 20.3 Å². The van der Waals surface area contributed by atoms with Gasteiger partial charge in [0, 0.05) is 12.6 Å². The second-order valence-electron chi connectivity index (χ2n) is 5.24. The average molecular weight is 362 g/mol.